The van der Waals surface area contributed by atoms with Gasteiger partial charge in [-0.3, -0.25) is 4.79 Å². The number of carbonyl (C=O) groups is 1. The SMILES string of the molecule is CCc1cccc(N[C@H](C)C(=O)Nc2ccc(Cl)cn2)c1. The summed E-state index contributed by atoms with van der Waals surface area (Å²) in [5.41, 5.74) is 2.16. The van der Waals surface area contributed by atoms with Crippen molar-refractivity contribution in [2.24, 2.45) is 0 Å². The Labute approximate surface area is 129 Å². The summed E-state index contributed by atoms with van der Waals surface area (Å²) in [5.74, 6) is 0.340. The number of hydrogen-bond acceptors (Lipinski definition) is 3. The van der Waals surface area contributed by atoms with Gasteiger partial charge in [0.2, 0.25) is 5.91 Å². The summed E-state index contributed by atoms with van der Waals surface area (Å²) in [6.45, 7) is 3.91. The van der Waals surface area contributed by atoms with Gasteiger partial charge in [0.15, 0.2) is 0 Å². The molecule has 1 aromatic heterocycles. The van der Waals surface area contributed by atoms with Crippen LogP contribution in [0.4, 0.5) is 11.5 Å². The maximum Gasteiger partial charge on any atom is 0.247 e. The van der Waals surface area contributed by atoms with E-state index in [-0.39, 0.29) is 11.9 Å². The normalized spacial score (nSPS) is 11.8. The third-order valence-electron chi connectivity index (χ3n) is 3.09. The van der Waals surface area contributed by atoms with Gasteiger partial charge >= 0.3 is 0 Å². The first-order chi connectivity index (χ1) is 10.1. The lowest BCUT2D eigenvalue weighted by Crippen LogP contribution is -2.32. The minimum Gasteiger partial charge on any atom is -0.374 e. The van der Waals surface area contributed by atoms with E-state index in [0.29, 0.717) is 10.8 Å². The van der Waals surface area contributed by atoms with Crippen LogP contribution >= 0.6 is 11.6 Å². The van der Waals surface area contributed by atoms with Gasteiger partial charge in [0.25, 0.3) is 0 Å². The molecule has 110 valence electrons. The van der Waals surface area contributed by atoms with Crippen LogP contribution in [0, 0.1) is 0 Å². The second-order valence-corrected chi connectivity index (χ2v) is 5.21. The molecule has 1 aromatic carbocycles. The van der Waals surface area contributed by atoms with Gasteiger partial charge in [0.1, 0.15) is 11.9 Å². The van der Waals surface area contributed by atoms with Crippen molar-refractivity contribution in [3.63, 3.8) is 0 Å². The van der Waals surface area contributed by atoms with Crippen LogP contribution in [0.5, 0.6) is 0 Å². The van der Waals surface area contributed by atoms with E-state index in [4.69, 9.17) is 11.6 Å². The fraction of sp³-hybridized carbons (Fsp3) is 0.250. The number of halogens is 1. The van der Waals surface area contributed by atoms with Gasteiger partial charge in [0.05, 0.1) is 5.02 Å². The third kappa shape index (κ3) is 4.46. The second kappa shape index (κ2) is 7.09. The van der Waals surface area contributed by atoms with Crippen LogP contribution in [-0.2, 0) is 11.2 Å². The highest BCUT2D eigenvalue weighted by Gasteiger charge is 2.13. The fourth-order valence-electron chi connectivity index (χ4n) is 1.88. The van der Waals surface area contributed by atoms with Crippen molar-refractivity contribution in [2.45, 2.75) is 26.3 Å². The Morgan fingerprint density at radius 3 is 2.81 bits per heavy atom. The minimum absolute atomic E-state index is 0.147. The average Bonchev–Trinajstić information content (AvgIpc) is 2.49. The van der Waals surface area contributed by atoms with Crippen LogP contribution in [0.25, 0.3) is 0 Å². The van der Waals surface area contributed by atoms with Crippen molar-refractivity contribution in [3.05, 3.63) is 53.2 Å². The van der Waals surface area contributed by atoms with Crippen LogP contribution < -0.4 is 10.6 Å². The standard InChI is InChI=1S/C16H18ClN3O/c1-3-12-5-4-6-14(9-12)19-11(2)16(21)20-15-8-7-13(17)10-18-15/h4-11,19H,3H2,1-2H3,(H,18,20,21)/t11-/m1/s1. The number of nitrogens with zero attached hydrogens (tertiary/aromatic N) is 1. The Bertz CT molecular complexity index is 613. The summed E-state index contributed by atoms with van der Waals surface area (Å²) < 4.78 is 0. The van der Waals surface area contributed by atoms with E-state index in [0.717, 1.165) is 12.1 Å². The summed E-state index contributed by atoms with van der Waals surface area (Å²) >= 11 is 5.76. The van der Waals surface area contributed by atoms with E-state index < -0.39 is 0 Å². The maximum atomic E-state index is 12.1. The predicted molar refractivity (Wildman–Crippen MR) is 86.8 cm³/mol. The van der Waals surface area contributed by atoms with Gasteiger partial charge < -0.3 is 10.6 Å². The summed E-state index contributed by atoms with van der Waals surface area (Å²) in [7, 11) is 0. The molecule has 1 atom stereocenters. The lowest BCUT2D eigenvalue weighted by molar-refractivity contribution is -0.116. The Morgan fingerprint density at radius 2 is 2.14 bits per heavy atom. The van der Waals surface area contributed by atoms with E-state index in [2.05, 4.69) is 28.6 Å². The summed E-state index contributed by atoms with van der Waals surface area (Å²) in [4.78, 5) is 16.2. The van der Waals surface area contributed by atoms with E-state index in [1.807, 2.05) is 25.1 Å². The molecule has 0 spiro atoms. The molecule has 1 amide bonds. The van der Waals surface area contributed by atoms with Gasteiger partial charge in [-0.25, -0.2) is 4.98 Å². The van der Waals surface area contributed by atoms with Crippen LogP contribution in [0.15, 0.2) is 42.6 Å². The van der Waals surface area contributed by atoms with Crippen molar-refractivity contribution < 1.29 is 4.79 Å². The molecule has 2 aromatic rings. The molecule has 0 radical (unpaired) electrons. The molecule has 0 aliphatic carbocycles. The largest absolute Gasteiger partial charge is 0.374 e. The molecule has 2 rings (SSSR count). The first kappa shape index (κ1) is 15.3. The molecule has 0 bridgehead atoms. The Morgan fingerprint density at radius 1 is 1.33 bits per heavy atom. The molecule has 2 N–H and O–H groups in total. The molecule has 1 heterocycles. The van der Waals surface area contributed by atoms with E-state index in [1.54, 1.807) is 12.1 Å². The Hall–Kier alpha value is -2.07. The molecule has 4 nitrogen and oxygen atoms in total. The number of hydrogen-bond donors (Lipinski definition) is 2. The van der Waals surface area contributed by atoms with E-state index in [9.17, 15) is 4.79 Å². The number of rotatable bonds is 5. The molecule has 0 aliphatic heterocycles. The van der Waals surface area contributed by atoms with Crippen molar-refractivity contribution in [1.29, 1.82) is 0 Å². The Balaban J connectivity index is 1.97. The van der Waals surface area contributed by atoms with Gasteiger partial charge in [-0.2, -0.15) is 0 Å². The number of carbonyl (C=O) groups excluding carboxylic acids is 1. The number of nitrogens with one attached hydrogen (secondary N) is 2. The van der Waals surface area contributed by atoms with Crippen LogP contribution in [0.2, 0.25) is 5.02 Å². The van der Waals surface area contributed by atoms with E-state index >= 15 is 0 Å². The monoisotopic (exact) mass is 303 g/mol. The summed E-state index contributed by atoms with van der Waals surface area (Å²) in [5, 5.41) is 6.47. The fourth-order valence-corrected chi connectivity index (χ4v) is 1.99. The highest BCUT2D eigenvalue weighted by molar-refractivity contribution is 6.30. The highest BCUT2D eigenvalue weighted by atomic mass is 35.5. The molecule has 21 heavy (non-hydrogen) atoms. The highest BCUT2D eigenvalue weighted by Crippen LogP contribution is 2.13. The molecular formula is C16H18ClN3O. The topological polar surface area (TPSA) is 54.0 Å². The van der Waals surface area contributed by atoms with Crippen LogP contribution in [0.3, 0.4) is 0 Å². The summed E-state index contributed by atoms with van der Waals surface area (Å²) in [6, 6.07) is 11.0. The zero-order valence-corrected chi connectivity index (χ0v) is 12.8. The first-order valence-electron chi connectivity index (χ1n) is 6.86. The molecule has 0 fully saturated rings. The molecular weight excluding hydrogens is 286 g/mol. The average molecular weight is 304 g/mol. The zero-order valence-electron chi connectivity index (χ0n) is 12.1. The molecule has 0 saturated heterocycles. The lowest BCUT2D eigenvalue weighted by Gasteiger charge is -2.15. The quantitative estimate of drug-likeness (QED) is 0.885. The number of pyridine rings is 1. The molecule has 0 aliphatic rings. The zero-order chi connectivity index (χ0) is 15.2. The number of benzene rings is 1. The van der Waals surface area contributed by atoms with Gasteiger partial charge in [-0.15, -0.1) is 0 Å². The first-order valence-corrected chi connectivity index (χ1v) is 7.24. The van der Waals surface area contributed by atoms with Crippen molar-refractivity contribution >= 4 is 29.0 Å². The van der Waals surface area contributed by atoms with Gasteiger partial charge in [-0.1, -0.05) is 30.7 Å². The predicted octanol–water partition coefficient (Wildman–Crippen LogP) is 3.74. The number of aromatic nitrogens is 1. The number of aryl methyl sites for hydroxylation is 1. The second-order valence-electron chi connectivity index (χ2n) is 4.77. The smallest absolute Gasteiger partial charge is 0.247 e. The van der Waals surface area contributed by atoms with Gasteiger partial charge in [0, 0.05) is 11.9 Å². The van der Waals surface area contributed by atoms with Crippen molar-refractivity contribution in [3.8, 4) is 0 Å². The van der Waals surface area contributed by atoms with E-state index in [1.165, 1.54) is 11.8 Å². The van der Waals surface area contributed by atoms with Crippen LogP contribution in [0.1, 0.15) is 19.4 Å². The Kier molecular flexibility index (Phi) is 5.17. The van der Waals surface area contributed by atoms with Crippen molar-refractivity contribution in [2.75, 3.05) is 10.6 Å². The molecule has 0 saturated carbocycles. The lowest BCUT2D eigenvalue weighted by atomic mass is 10.1. The van der Waals surface area contributed by atoms with Gasteiger partial charge in [-0.05, 0) is 43.2 Å². The maximum absolute atomic E-state index is 12.1. The number of anilines is 2. The molecule has 5 heteroatoms. The minimum atomic E-state index is -0.366. The van der Waals surface area contributed by atoms with Crippen LogP contribution in [-0.4, -0.2) is 16.9 Å². The van der Waals surface area contributed by atoms with Crippen molar-refractivity contribution in [1.82, 2.24) is 4.98 Å². The third-order valence-corrected chi connectivity index (χ3v) is 3.31. The summed E-state index contributed by atoms with van der Waals surface area (Å²) in [6.07, 6.45) is 2.46. The molecule has 0 unspecified atom stereocenters. The number of amides is 1.